The van der Waals surface area contributed by atoms with E-state index in [2.05, 4.69) is 9.97 Å². The molecule has 0 radical (unpaired) electrons. The quantitative estimate of drug-likeness (QED) is 0.717. The minimum atomic E-state index is -0.414. The van der Waals surface area contributed by atoms with Gasteiger partial charge in [-0.1, -0.05) is 13.3 Å². The van der Waals surface area contributed by atoms with E-state index in [9.17, 15) is 14.4 Å². The Balaban J connectivity index is 1.85. The first kappa shape index (κ1) is 19.9. The average molecular weight is 387 g/mol. The Labute approximate surface area is 162 Å². The Morgan fingerprint density at radius 2 is 1.89 bits per heavy atom. The first-order valence-electron chi connectivity index (χ1n) is 9.48. The maximum absolute atomic E-state index is 13.0. The first-order valence-corrected chi connectivity index (χ1v) is 9.48. The summed E-state index contributed by atoms with van der Waals surface area (Å²) < 4.78 is 6.41. The van der Waals surface area contributed by atoms with Gasteiger partial charge >= 0.3 is 0 Å². The summed E-state index contributed by atoms with van der Waals surface area (Å²) in [5, 5.41) is 0. The molecule has 1 aliphatic heterocycles. The van der Waals surface area contributed by atoms with Crippen LogP contribution in [0.1, 0.15) is 30.3 Å². The van der Waals surface area contributed by atoms with Crippen molar-refractivity contribution < 1.29 is 14.3 Å². The Morgan fingerprint density at radius 3 is 2.57 bits per heavy atom. The lowest BCUT2D eigenvalue weighted by Gasteiger charge is -2.34. The number of aryl methyl sites for hydroxylation is 1. The number of unbranched alkanes of at least 4 members (excludes halogenated alkanes) is 1. The molecule has 1 aliphatic rings. The number of nitrogens with zero attached hydrogens (tertiary/aromatic N) is 5. The van der Waals surface area contributed by atoms with E-state index >= 15 is 0 Å². The van der Waals surface area contributed by atoms with Gasteiger partial charge in [-0.15, -0.1) is 0 Å². The Bertz CT molecular complexity index is 918. The normalized spacial score (nSPS) is 14.5. The van der Waals surface area contributed by atoms with E-state index in [1.54, 1.807) is 28.1 Å². The SMILES string of the molecule is CCCCn1c(=O)c(C(=O)N2CCN(C(=O)COC)CC2)nc2cccnc21. The van der Waals surface area contributed by atoms with Crippen molar-refractivity contribution >= 4 is 23.0 Å². The molecule has 150 valence electrons. The Morgan fingerprint density at radius 1 is 1.18 bits per heavy atom. The highest BCUT2D eigenvalue weighted by atomic mass is 16.5. The average Bonchev–Trinajstić information content (AvgIpc) is 2.72. The van der Waals surface area contributed by atoms with Crippen LogP contribution >= 0.6 is 0 Å². The molecule has 28 heavy (non-hydrogen) atoms. The van der Waals surface area contributed by atoms with Gasteiger partial charge in [0.25, 0.3) is 11.5 Å². The number of pyridine rings is 1. The van der Waals surface area contributed by atoms with Gasteiger partial charge in [0, 0.05) is 46.0 Å². The number of carbonyl (C=O) groups is 2. The summed E-state index contributed by atoms with van der Waals surface area (Å²) in [4.78, 5) is 49.7. The van der Waals surface area contributed by atoms with E-state index < -0.39 is 11.5 Å². The molecule has 2 amide bonds. The van der Waals surface area contributed by atoms with Crippen molar-refractivity contribution in [3.8, 4) is 0 Å². The molecular weight excluding hydrogens is 362 g/mol. The Hall–Kier alpha value is -2.81. The molecule has 3 rings (SSSR count). The van der Waals surface area contributed by atoms with Gasteiger partial charge in [0.05, 0.1) is 0 Å². The summed E-state index contributed by atoms with van der Waals surface area (Å²) in [5.41, 5.74) is 0.513. The number of methoxy groups -OCH3 is 1. The molecule has 9 heteroatoms. The summed E-state index contributed by atoms with van der Waals surface area (Å²) in [6, 6.07) is 3.49. The fourth-order valence-corrected chi connectivity index (χ4v) is 3.26. The van der Waals surface area contributed by atoms with Crippen LogP contribution in [0.2, 0.25) is 0 Å². The van der Waals surface area contributed by atoms with Crippen LogP contribution in [0, 0.1) is 0 Å². The second-order valence-electron chi connectivity index (χ2n) is 6.72. The minimum absolute atomic E-state index is 0.0231. The van der Waals surface area contributed by atoms with Crippen LogP contribution in [0.5, 0.6) is 0 Å². The molecule has 3 heterocycles. The highest BCUT2D eigenvalue weighted by Gasteiger charge is 2.28. The van der Waals surface area contributed by atoms with Crippen molar-refractivity contribution in [3.63, 3.8) is 0 Å². The van der Waals surface area contributed by atoms with E-state index in [-0.39, 0.29) is 18.2 Å². The molecule has 2 aromatic heterocycles. The monoisotopic (exact) mass is 387 g/mol. The van der Waals surface area contributed by atoms with E-state index in [0.717, 1.165) is 12.8 Å². The number of piperazine rings is 1. The molecule has 0 N–H and O–H groups in total. The third-order valence-electron chi connectivity index (χ3n) is 4.83. The van der Waals surface area contributed by atoms with Crippen LogP contribution in [0.25, 0.3) is 11.2 Å². The number of aromatic nitrogens is 3. The number of carbonyl (C=O) groups excluding carboxylic acids is 2. The maximum atomic E-state index is 13.0. The fraction of sp³-hybridized carbons (Fsp3) is 0.526. The van der Waals surface area contributed by atoms with E-state index in [4.69, 9.17) is 4.74 Å². The topological polar surface area (TPSA) is 97.6 Å². The van der Waals surface area contributed by atoms with Crippen molar-refractivity contribution in [1.82, 2.24) is 24.3 Å². The largest absolute Gasteiger partial charge is 0.375 e. The number of hydrogen-bond donors (Lipinski definition) is 0. The lowest BCUT2D eigenvalue weighted by Crippen LogP contribution is -2.52. The third-order valence-corrected chi connectivity index (χ3v) is 4.83. The van der Waals surface area contributed by atoms with Gasteiger partial charge in [-0.25, -0.2) is 9.97 Å². The van der Waals surface area contributed by atoms with Gasteiger partial charge < -0.3 is 14.5 Å². The van der Waals surface area contributed by atoms with Crippen LogP contribution in [0.4, 0.5) is 0 Å². The first-order chi connectivity index (χ1) is 13.6. The van der Waals surface area contributed by atoms with Crippen LogP contribution in [-0.4, -0.2) is 76.0 Å². The number of rotatable bonds is 6. The summed E-state index contributed by atoms with van der Waals surface area (Å²) in [6.07, 6.45) is 3.34. The molecule has 1 saturated heterocycles. The lowest BCUT2D eigenvalue weighted by atomic mass is 10.2. The van der Waals surface area contributed by atoms with E-state index in [1.165, 1.54) is 11.7 Å². The minimum Gasteiger partial charge on any atom is -0.375 e. The maximum Gasteiger partial charge on any atom is 0.283 e. The molecule has 0 spiro atoms. The predicted molar refractivity (Wildman–Crippen MR) is 103 cm³/mol. The smallest absolute Gasteiger partial charge is 0.283 e. The molecule has 0 unspecified atom stereocenters. The molecular formula is C19H25N5O4. The number of fused-ring (bicyclic) bond motifs is 1. The highest BCUT2D eigenvalue weighted by Crippen LogP contribution is 2.11. The number of amides is 2. The molecule has 0 aliphatic carbocycles. The molecule has 9 nitrogen and oxygen atoms in total. The molecule has 0 saturated carbocycles. The van der Waals surface area contributed by atoms with E-state index in [1.807, 2.05) is 6.92 Å². The second-order valence-corrected chi connectivity index (χ2v) is 6.72. The second kappa shape index (κ2) is 8.92. The van der Waals surface area contributed by atoms with Gasteiger partial charge in [0.1, 0.15) is 12.1 Å². The molecule has 0 bridgehead atoms. The standard InChI is InChI=1S/C19H25N5O4/c1-3-4-8-24-17-14(6-5-7-20-17)21-16(19(24)27)18(26)23-11-9-22(10-12-23)15(25)13-28-2/h5-7H,3-4,8-13H2,1-2H3. The number of ether oxygens (including phenoxy) is 1. The zero-order valence-electron chi connectivity index (χ0n) is 16.3. The van der Waals surface area contributed by atoms with Crippen LogP contribution < -0.4 is 5.56 Å². The number of hydrogen-bond acceptors (Lipinski definition) is 6. The molecule has 0 atom stereocenters. The Kier molecular flexibility index (Phi) is 6.35. The van der Waals surface area contributed by atoms with Crippen molar-refractivity contribution in [1.29, 1.82) is 0 Å². The third kappa shape index (κ3) is 4.04. The lowest BCUT2D eigenvalue weighted by molar-refractivity contribution is -0.136. The van der Waals surface area contributed by atoms with E-state index in [0.29, 0.717) is 43.9 Å². The zero-order valence-corrected chi connectivity index (χ0v) is 16.3. The van der Waals surface area contributed by atoms with Gasteiger partial charge in [-0.05, 0) is 18.6 Å². The molecule has 2 aromatic rings. The summed E-state index contributed by atoms with van der Waals surface area (Å²) in [5.74, 6) is -0.508. The van der Waals surface area contributed by atoms with Gasteiger partial charge in [0.15, 0.2) is 11.3 Å². The van der Waals surface area contributed by atoms with Crippen molar-refractivity contribution in [2.24, 2.45) is 0 Å². The van der Waals surface area contributed by atoms with Gasteiger partial charge in [-0.2, -0.15) is 0 Å². The molecule has 1 fully saturated rings. The summed E-state index contributed by atoms with van der Waals surface area (Å²) in [6.45, 7) is 4.09. The highest BCUT2D eigenvalue weighted by molar-refractivity contribution is 5.93. The van der Waals surface area contributed by atoms with Gasteiger partial charge in [-0.3, -0.25) is 19.0 Å². The summed E-state index contributed by atoms with van der Waals surface area (Å²) in [7, 11) is 1.47. The van der Waals surface area contributed by atoms with Crippen LogP contribution in [-0.2, 0) is 16.1 Å². The van der Waals surface area contributed by atoms with Crippen LogP contribution in [0.3, 0.4) is 0 Å². The van der Waals surface area contributed by atoms with Crippen molar-refractivity contribution in [3.05, 3.63) is 34.4 Å². The zero-order chi connectivity index (χ0) is 20.1. The van der Waals surface area contributed by atoms with Crippen LogP contribution in [0.15, 0.2) is 23.1 Å². The fourth-order valence-electron chi connectivity index (χ4n) is 3.26. The predicted octanol–water partition coefficient (Wildman–Crippen LogP) is 0.522. The summed E-state index contributed by atoms with van der Waals surface area (Å²) >= 11 is 0. The van der Waals surface area contributed by atoms with Crippen molar-refractivity contribution in [2.45, 2.75) is 26.3 Å². The van der Waals surface area contributed by atoms with Crippen molar-refractivity contribution in [2.75, 3.05) is 39.9 Å². The molecule has 0 aromatic carbocycles. The van der Waals surface area contributed by atoms with Gasteiger partial charge in [0.2, 0.25) is 5.91 Å².